The predicted octanol–water partition coefficient (Wildman–Crippen LogP) is 4.25. The highest BCUT2D eigenvalue weighted by Gasteiger charge is 2.34. The molecule has 0 amide bonds. The fraction of sp³-hybridized carbons (Fsp3) is 0.0833. The lowest BCUT2D eigenvalue weighted by atomic mass is 10.2. The number of aromatic hydroxyl groups is 1. The van der Waals surface area contributed by atoms with E-state index in [4.69, 9.17) is 21.4 Å². The minimum atomic E-state index is -4.58. The lowest BCUT2D eigenvalue weighted by Gasteiger charge is -2.11. The van der Waals surface area contributed by atoms with Crippen LogP contribution in [0, 0.1) is 0 Å². The second kappa shape index (κ2) is 4.97. The van der Waals surface area contributed by atoms with Crippen LogP contribution in [0.2, 0.25) is 5.02 Å². The molecule has 3 nitrogen and oxygen atoms in total. The summed E-state index contributed by atoms with van der Waals surface area (Å²) in [5.41, 5.74) is -1.02. The van der Waals surface area contributed by atoms with Crippen molar-refractivity contribution in [2.24, 2.45) is 0 Å². The van der Waals surface area contributed by atoms with Gasteiger partial charge in [-0.1, -0.05) is 11.6 Å². The Labute approximate surface area is 111 Å². The molecule has 0 saturated carbocycles. The van der Waals surface area contributed by atoms with Crippen LogP contribution in [-0.4, -0.2) is 10.1 Å². The van der Waals surface area contributed by atoms with Crippen LogP contribution in [-0.2, 0) is 6.18 Å². The highest BCUT2D eigenvalue weighted by atomic mass is 35.5. The number of nitrogens with zero attached hydrogens (tertiary/aromatic N) is 1. The van der Waals surface area contributed by atoms with Gasteiger partial charge in [0.05, 0.1) is 5.56 Å². The lowest BCUT2D eigenvalue weighted by molar-refractivity contribution is -0.137. The molecule has 2 rings (SSSR count). The lowest BCUT2D eigenvalue weighted by Crippen LogP contribution is -2.07. The van der Waals surface area contributed by atoms with Crippen LogP contribution in [0.4, 0.5) is 13.2 Å². The summed E-state index contributed by atoms with van der Waals surface area (Å²) in [5, 5.41) is 8.47. The summed E-state index contributed by atoms with van der Waals surface area (Å²) in [5.74, 6) is -0.121. The van der Waals surface area contributed by atoms with Gasteiger partial charge in [0, 0.05) is 6.20 Å². The second-order valence-corrected chi connectivity index (χ2v) is 3.95. The Kier molecular flexibility index (Phi) is 3.53. The summed E-state index contributed by atoms with van der Waals surface area (Å²) in [6, 6.07) is 6.20. The van der Waals surface area contributed by atoms with Gasteiger partial charge in [-0.05, 0) is 30.3 Å². The molecule has 0 aliphatic heterocycles. The molecule has 2 aromatic rings. The predicted molar refractivity (Wildman–Crippen MR) is 62.4 cm³/mol. The number of ether oxygens (including phenoxy) is 1. The van der Waals surface area contributed by atoms with Crippen LogP contribution < -0.4 is 4.74 Å². The molecule has 0 fully saturated rings. The number of benzene rings is 1. The van der Waals surface area contributed by atoms with Gasteiger partial charge in [-0.2, -0.15) is 13.2 Å². The van der Waals surface area contributed by atoms with Crippen molar-refractivity contribution in [3.05, 3.63) is 47.1 Å². The van der Waals surface area contributed by atoms with Crippen molar-refractivity contribution in [2.45, 2.75) is 6.18 Å². The number of rotatable bonds is 2. The summed E-state index contributed by atoms with van der Waals surface area (Å²) < 4.78 is 43.0. The molecule has 1 aromatic carbocycles. The Morgan fingerprint density at radius 1 is 1.11 bits per heavy atom. The molecule has 0 radical (unpaired) electrons. The van der Waals surface area contributed by atoms with Gasteiger partial charge < -0.3 is 9.84 Å². The van der Waals surface area contributed by atoms with Gasteiger partial charge in [0.15, 0.2) is 0 Å². The summed E-state index contributed by atoms with van der Waals surface area (Å²) >= 11 is 5.62. The minimum Gasteiger partial charge on any atom is -0.508 e. The third kappa shape index (κ3) is 3.08. The summed E-state index contributed by atoms with van der Waals surface area (Å²) in [6.07, 6.45) is -3.61. The normalized spacial score (nSPS) is 11.4. The SMILES string of the molecule is Oc1ccc(Oc2nccc(C(F)(F)F)c2Cl)cc1. The maximum Gasteiger partial charge on any atom is 0.418 e. The third-order valence-electron chi connectivity index (χ3n) is 2.21. The first-order valence-corrected chi connectivity index (χ1v) is 5.44. The molecule has 100 valence electrons. The monoisotopic (exact) mass is 289 g/mol. The molecule has 1 N–H and O–H groups in total. The molecule has 1 heterocycles. The van der Waals surface area contributed by atoms with Crippen LogP contribution in [0.5, 0.6) is 17.4 Å². The molecule has 0 unspecified atom stereocenters. The van der Waals surface area contributed by atoms with Crippen molar-refractivity contribution in [2.75, 3.05) is 0 Å². The summed E-state index contributed by atoms with van der Waals surface area (Å²) in [4.78, 5) is 3.65. The number of pyridine rings is 1. The van der Waals surface area contributed by atoms with Crippen molar-refractivity contribution in [3.63, 3.8) is 0 Å². The van der Waals surface area contributed by atoms with E-state index in [1.54, 1.807) is 0 Å². The zero-order valence-electron chi connectivity index (χ0n) is 9.28. The Balaban J connectivity index is 2.33. The summed E-state index contributed by atoms with van der Waals surface area (Å²) in [6.45, 7) is 0. The van der Waals surface area contributed by atoms with E-state index < -0.39 is 16.8 Å². The molecule has 0 aliphatic carbocycles. The van der Waals surface area contributed by atoms with Crippen molar-refractivity contribution in [1.29, 1.82) is 0 Å². The van der Waals surface area contributed by atoms with E-state index in [0.29, 0.717) is 0 Å². The van der Waals surface area contributed by atoms with Gasteiger partial charge in [-0.3, -0.25) is 0 Å². The Morgan fingerprint density at radius 3 is 2.32 bits per heavy atom. The van der Waals surface area contributed by atoms with Crippen molar-refractivity contribution >= 4 is 11.6 Å². The molecule has 0 spiro atoms. The first-order chi connectivity index (χ1) is 8.88. The fourth-order valence-corrected chi connectivity index (χ4v) is 1.60. The third-order valence-corrected chi connectivity index (χ3v) is 2.58. The van der Waals surface area contributed by atoms with Crippen LogP contribution in [0.25, 0.3) is 0 Å². The number of hydrogen-bond acceptors (Lipinski definition) is 3. The van der Waals surface area contributed by atoms with E-state index in [0.717, 1.165) is 12.3 Å². The Bertz CT molecular complexity index is 585. The van der Waals surface area contributed by atoms with Crippen molar-refractivity contribution in [1.82, 2.24) is 4.98 Å². The number of phenolic OH excluding ortho intramolecular Hbond substituents is 1. The molecular weight excluding hydrogens is 283 g/mol. The van der Waals surface area contributed by atoms with Gasteiger partial charge in [-0.15, -0.1) is 0 Å². The second-order valence-electron chi connectivity index (χ2n) is 3.57. The minimum absolute atomic E-state index is 0.00967. The van der Waals surface area contributed by atoms with Gasteiger partial charge in [0.1, 0.15) is 16.5 Å². The maximum absolute atomic E-state index is 12.6. The van der Waals surface area contributed by atoms with E-state index in [2.05, 4.69) is 4.98 Å². The van der Waals surface area contributed by atoms with Gasteiger partial charge in [-0.25, -0.2) is 4.98 Å². The van der Waals surface area contributed by atoms with E-state index in [1.807, 2.05) is 0 Å². The quantitative estimate of drug-likeness (QED) is 0.898. The van der Waals surface area contributed by atoms with Gasteiger partial charge in [0.25, 0.3) is 0 Å². The van der Waals surface area contributed by atoms with Crippen LogP contribution in [0.1, 0.15) is 5.56 Å². The standard InChI is InChI=1S/C12H7ClF3NO2/c13-10-9(12(14,15)16)5-6-17-11(10)19-8-3-1-7(18)2-4-8/h1-6,18H. The van der Waals surface area contributed by atoms with Gasteiger partial charge in [0.2, 0.25) is 5.88 Å². The number of phenols is 1. The number of halogens is 4. The van der Waals surface area contributed by atoms with Crippen molar-refractivity contribution in [3.8, 4) is 17.4 Å². The average molecular weight is 290 g/mol. The van der Waals surface area contributed by atoms with Crippen LogP contribution >= 0.6 is 11.6 Å². The topological polar surface area (TPSA) is 42.4 Å². The first kappa shape index (κ1) is 13.5. The Morgan fingerprint density at radius 2 is 1.74 bits per heavy atom. The molecule has 19 heavy (non-hydrogen) atoms. The molecular formula is C12H7ClF3NO2. The molecule has 0 aliphatic rings. The van der Waals surface area contributed by atoms with E-state index in [1.165, 1.54) is 24.3 Å². The molecule has 0 bridgehead atoms. The maximum atomic E-state index is 12.6. The van der Waals surface area contributed by atoms with Crippen LogP contribution in [0.15, 0.2) is 36.5 Å². The largest absolute Gasteiger partial charge is 0.508 e. The molecule has 1 aromatic heterocycles. The Hall–Kier alpha value is -1.95. The zero-order valence-corrected chi connectivity index (χ0v) is 10.0. The number of alkyl halides is 3. The molecule has 7 heteroatoms. The van der Waals surface area contributed by atoms with E-state index in [-0.39, 0.29) is 17.4 Å². The molecule has 0 atom stereocenters. The van der Waals surface area contributed by atoms with Crippen molar-refractivity contribution < 1.29 is 23.0 Å². The molecule has 0 saturated heterocycles. The van der Waals surface area contributed by atoms with Crippen LogP contribution in [0.3, 0.4) is 0 Å². The highest BCUT2D eigenvalue weighted by Crippen LogP contribution is 2.39. The summed E-state index contributed by atoms with van der Waals surface area (Å²) in [7, 11) is 0. The highest BCUT2D eigenvalue weighted by molar-refractivity contribution is 6.32. The van der Waals surface area contributed by atoms with Gasteiger partial charge >= 0.3 is 6.18 Å². The fourth-order valence-electron chi connectivity index (χ4n) is 1.34. The average Bonchev–Trinajstić information content (AvgIpc) is 2.33. The van der Waals surface area contributed by atoms with E-state index >= 15 is 0 Å². The smallest absolute Gasteiger partial charge is 0.418 e. The zero-order chi connectivity index (χ0) is 14.0. The number of hydrogen-bond donors (Lipinski definition) is 1. The number of aromatic nitrogens is 1. The first-order valence-electron chi connectivity index (χ1n) is 5.06. The van der Waals surface area contributed by atoms with E-state index in [9.17, 15) is 13.2 Å².